The van der Waals surface area contributed by atoms with Gasteiger partial charge in [0, 0.05) is 12.6 Å². The summed E-state index contributed by atoms with van der Waals surface area (Å²) < 4.78 is 5.02. The van der Waals surface area contributed by atoms with Gasteiger partial charge in [-0.05, 0) is 32.7 Å². The molecule has 0 spiro atoms. The second-order valence-corrected chi connectivity index (χ2v) is 4.38. The Morgan fingerprint density at radius 1 is 1.47 bits per heavy atom. The van der Waals surface area contributed by atoms with Crippen LogP contribution >= 0.6 is 0 Å². The summed E-state index contributed by atoms with van der Waals surface area (Å²) in [5.41, 5.74) is 0. The molecule has 88 valence electrons. The Kier molecular flexibility index (Phi) is 5.09. The van der Waals surface area contributed by atoms with Gasteiger partial charge < -0.3 is 4.74 Å². The molecule has 0 saturated heterocycles. The van der Waals surface area contributed by atoms with Crippen molar-refractivity contribution in [1.82, 2.24) is 4.90 Å². The molecule has 0 amide bonds. The van der Waals surface area contributed by atoms with Crippen LogP contribution in [-0.2, 0) is 9.53 Å². The Morgan fingerprint density at radius 3 is 2.60 bits per heavy atom. The van der Waals surface area contributed by atoms with Gasteiger partial charge in [0.15, 0.2) is 0 Å². The number of rotatable bonds is 7. The van der Waals surface area contributed by atoms with E-state index in [9.17, 15) is 4.79 Å². The van der Waals surface area contributed by atoms with E-state index in [1.165, 1.54) is 12.8 Å². The zero-order valence-electron chi connectivity index (χ0n) is 10.2. The third-order valence-electron chi connectivity index (χ3n) is 2.77. The fraction of sp³-hybridized carbons (Fsp3) is 0.917. The van der Waals surface area contributed by atoms with Crippen molar-refractivity contribution < 1.29 is 9.53 Å². The molecule has 3 heteroatoms. The highest BCUT2D eigenvalue weighted by Gasteiger charge is 2.30. The molecule has 3 nitrogen and oxygen atoms in total. The van der Waals surface area contributed by atoms with E-state index in [4.69, 9.17) is 4.74 Å². The fourth-order valence-corrected chi connectivity index (χ4v) is 1.86. The van der Waals surface area contributed by atoms with Crippen molar-refractivity contribution in [3.63, 3.8) is 0 Å². The zero-order chi connectivity index (χ0) is 11.3. The van der Waals surface area contributed by atoms with Gasteiger partial charge >= 0.3 is 5.97 Å². The van der Waals surface area contributed by atoms with Gasteiger partial charge in [0.2, 0.25) is 0 Å². The Labute approximate surface area is 92.8 Å². The topological polar surface area (TPSA) is 29.5 Å². The summed E-state index contributed by atoms with van der Waals surface area (Å²) in [5, 5.41) is 0. The minimum absolute atomic E-state index is 0.0112. The van der Waals surface area contributed by atoms with E-state index in [2.05, 4.69) is 11.8 Å². The van der Waals surface area contributed by atoms with Crippen molar-refractivity contribution in [3.05, 3.63) is 0 Å². The van der Waals surface area contributed by atoms with Crippen LogP contribution in [0, 0.1) is 5.92 Å². The second kappa shape index (κ2) is 6.11. The molecule has 0 radical (unpaired) electrons. The van der Waals surface area contributed by atoms with Crippen molar-refractivity contribution in [2.75, 3.05) is 19.7 Å². The van der Waals surface area contributed by atoms with Gasteiger partial charge in [0.25, 0.3) is 0 Å². The van der Waals surface area contributed by atoms with E-state index < -0.39 is 0 Å². The van der Waals surface area contributed by atoms with Gasteiger partial charge in [-0.2, -0.15) is 0 Å². The highest BCUT2D eigenvalue weighted by Crippen LogP contribution is 2.27. The minimum Gasteiger partial charge on any atom is -0.466 e. The maximum atomic E-state index is 11.5. The van der Waals surface area contributed by atoms with E-state index >= 15 is 0 Å². The summed E-state index contributed by atoms with van der Waals surface area (Å²) in [7, 11) is 0. The van der Waals surface area contributed by atoms with E-state index in [-0.39, 0.29) is 11.9 Å². The van der Waals surface area contributed by atoms with E-state index in [0.717, 1.165) is 25.6 Å². The molecule has 15 heavy (non-hydrogen) atoms. The summed E-state index contributed by atoms with van der Waals surface area (Å²) in [6, 6.07) is 0.738. The van der Waals surface area contributed by atoms with Crippen LogP contribution in [0.1, 0.15) is 40.0 Å². The SMILES string of the molecule is CCCN(CC(C)C(=O)OCC)C1CC1. The van der Waals surface area contributed by atoms with Gasteiger partial charge in [0.05, 0.1) is 12.5 Å². The largest absolute Gasteiger partial charge is 0.466 e. The van der Waals surface area contributed by atoms with Crippen molar-refractivity contribution in [3.8, 4) is 0 Å². The average molecular weight is 213 g/mol. The molecule has 0 N–H and O–H groups in total. The normalized spacial score (nSPS) is 17.9. The van der Waals surface area contributed by atoms with E-state index in [0.29, 0.717) is 6.61 Å². The highest BCUT2D eigenvalue weighted by molar-refractivity contribution is 5.72. The van der Waals surface area contributed by atoms with Crippen LogP contribution in [0.2, 0.25) is 0 Å². The standard InChI is InChI=1S/C12H23NO2/c1-4-8-13(11-6-7-11)9-10(3)12(14)15-5-2/h10-11H,4-9H2,1-3H3. The molecule has 1 saturated carbocycles. The van der Waals surface area contributed by atoms with Gasteiger partial charge in [-0.25, -0.2) is 0 Å². The smallest absolute Gasteiger partial charge is 0.309 e. The number of hydrogen-bond acceptors (Lipinski definition) is 3. The molecule has 0 bridgehead atoms. The second-order valence-electron chi connectivity index (χ2n) is 4.38. The monoisotopic (exact) mass is 213 g/mol. The van der Waals surface area contributed by atoms with Crippen LogP contribution in [0.25, 0.3) is 0 Å². The first kappa shape index (κ1) is 12.5. The molecule has 0 aromatic heterocycles. The number of carbonyl (C=O) groups is 1. The zero-order valence-corrected chi connectivity index (χ0v) is 10.2. The Hall–Kier alpha value is -0.570. The van der Waals surface area contributed by atoms with E-state index in [1.807, 2.05) is 13.8 Å². The van der Waals surface area contributed by atoms with Crippen molar-refractivity contribution >= 4 is 5.97 Å². The summed E-state index contributed by atoms with van der Waals surface area (Å²) in [6.07, 6.45) is 3.76. The lowest BCUT2D eigenvalue weighted by atomic mass is 10.1. The van der Waals surface area contributed by atoms with Crippen LogP contribution in [0.15, 0.2) is 0 Å². The van der Waals surface area contributed by atoms with Crippen LogP contribution < -0.4 is 0 Å². The predicted molar refractivity (Wildman–Crippen MR) is 60.7 cm³/mol. The summed E-state index contributed by atoms with van der Waals surface area (Å²) in [5.74, 6) is -0.0450. The number of carbonyl (C=O) groups excluding carboxylic acids is 1. The van der Waals surface area contributed by atoms with Crippen LogP contribution in [-0.4, -0.2) is 36.6 Å². The van der Waals surface area contributed by atoms with Gasteiger partial charge in [-0.1, -0.05) is 13.8 Å². The van der Waals surface area contributed by atoms with Gasteiger partial charge in [0.1, 0.15) is 0 Å². The lowest BCUT2D eigenvalue weighted by Crippen LogP contribution is -2.34. The molecule has 0 aromatic carbocycles. The van der Waals surface area contributed by atoms with Gasteiger partial charge in [-0.3, -0.25) is 9.69 Å². The first-order valence-corrected chi connectivity index (χ1v) is 6.09. The molecule has 1 aliphatic carbocycles. The van der Waals surface area contributed by atoms with Crippen molar-refractivity contribution in [1.29, 1.82) is 0 Å². The Balaban J connectivity index is 2.32. The summed E-state index contributed by atoms with van der Waals surface area (Å²) in [6.45, 7) is 8.45. The first-order valence-electron chi connectivity index (χ1n) is 6.09. The molecule has 1 unspecified atom stereocenters. The summed E-state index contributed by atoms with van der Waals surface area (Å²) >= 11 is 0. The molecule has 0 aliphatic heterocycles. The predicted octanol–water partition coefficient (Wildman–Crippen LogP) is 2.06. The Morgan fingerprint density at radius 2 is 2.13 bits per heavy atom. The van der Waals surface area contributed by atoms with Gasteiger partial charge in [-0.15, -0.1) is 0 Å². The van der Waals surface area contributed by atoms with Crippen LogP contribution in [0.4, 0.5) is 0 Å². The molecule has 0 aromatic rings. The quantitative estimate of drug-likeness (QED) is 0.606. The van der Waals surface area contributed by atoms with Crippen molar-refractivity contribution in [2.24, 2.45) is 5.92 Å². The van der Waals surface area contributed by atoms with Crippen LogP contribution in [0.3, 0.4) is 0 Å². The lowest BCUT2D eigenvalue weighted by molar-refractivity contribution is -0.148. The molecule has 1 atom stereocenters. The molecule has 1 fully saturated rings. The molecule has 0 heterocycles. The lowest BCUT2D eigenvalue weighted by Gasteiger charge is -2.24. The number of ether oxygens (including phenoxy) is 1. The number of esters is 1. The van der Waals surface area contributed by atoms with Crippen LogP contribution in [0.5, 0.6) is 0 Å². The Bertz CT molecular complexity index is 202. The molecular weight excluding hydrogens is 190 g/mol. The third-order valence-corrected chi connectivity index (χ3v) is 2.77. The minimum atomic E-state index is -0.0562. The molecule has 1 aliphatic rings. The molecular formula is C12H23NO2. The molecule has 1 rings (SSSR count). The van der Waals surface area contributed by atoms with Crippen molar-refractivity contribution in [2.45, 2.75) is 46.1 Å². The third kappa shape index (κ3) is 4.20. The number of nitrogens with zero attached hydrogens (tertiary/aromatic N) is 1. The fourth-order valence-electron chi connectivity index (χ4n) is 1.86. The maximum Gasteiger partial charge on any atom is 0.309 e. The van der Waals surface area contributed by atoms with E-state index in [1.54, 1.807) is 0 Å². The summed E-state index contributed by atoms with van der Waals surface area (Å²) in [4.78, 5) is 13.9. The first-order chi connectivity index (χ1) is 7.19. The average Bonchev–Trinajstić information content (AvgIpc) is 3.00. The maximum absolute atomic E-state index is 11.5. The highest BCUT2D eigenvalue weighted by atomic mass is 16.5. The number of hydrogen-bond donors (Lipinski definition) is 0.